The lowest BCUT2D eigenvalue weighted by Crippen LogP contribution is -2.45. The Balaban J connectivity index is 1.16. The van der Waals surface area contributed by atoms with Gasteiger partial charge in [-0.25, -0.2) is 4.79 Å². The molecule has 0 unspecified atom stereocenters. The van der Waals surface area contributed by atoms with E-state index in [0.717, 1.165) is 52.7 Å². The Morgan fingerprint density at radius 2 is 1.56 bits per heavy atom. The number of rotatable bonds is 6. The van der Waals surface area contributed by atoms with Gasteiger partial charge in [0.1, 0.15) is 5.69 Å². The average Bonchev–Trinajstić information content (AvgIpc) is 3.28. The molecule has 4 saturated carbocycles. The standard InChI is InChI=1S/C29H30Cl3N3O/c30-22-5-3-19(4-6-22)28-26(25-8-7-23(31)15-27(25)32)16-35(34-28)29(36)33-9-1-2-24-20-11-17-10-18(13-20)14-21(24)12-17/h3-8,15-18,20-21,24H,1-2,9-14H2,(H,33,36). The Bertz CT molecular complexity index is 1240. The fourth-order valence-electron chi connectivity index (χ4n) is 7.33. The zero-order chi connectivity index (χ0) is 24.8. The SMILES string of the molecule is O=C(NCCCC1C2CC3CC(C2)CC1C3)n1cc(-c2ccc(Cl)cc2Cl)c(-c2ccc(Cl)cc2)n1. The molecule has 7 heteroatoms. The lowest BCUT2D eigenvalue weighted by Gasteiger charge is -2.54. The van der Waals surface area contributed by atoms with Crippen molar-refractivity contribution in [1.29, 1.82) is 0 Å². The van der Waals surface area contributed by atoms with Crippen LogP contribution in [0.25, 0.3) is 22.4 Å². The van der Waals surface area contributed by atoms with Gasteiger partial charge >= 0.3 is 6.03 Å². The lowest BCUT2D eigenvalue weighted by atomic mass is 9.51. The Morgan fingerprint density at radius 3 is 2.22 bits per heavy atom. The van der Waals surface area contributed by atoms with E-state index >= 15 is 0 Å². The first-order valence-corrected chi connectivity index (χ1v) is 14.2. The number of benzene rings is 2. The van der Waals surface area contributed by atoms with Gasteiger partial charge < -0.3 is 5.32 Å². The predicted octanol–water partition coefficient (Wildman–Crippen LogP) is 8.59. The van der Waals surface area contributed by atoms with E-state index in [2.05, 4.69) is 10.4 Å². The molecule has 36 heavy (non-hydrogen) atoms. The van der Waals surface area contributed by atoms with Crippen molar-refractivity contribution in [2.45, 2.75) is 44.9 Å². The van der Waals surface area contributed by atoms with E-state index < -0.39 is 0 Å². The van der Waals surface area contributed by atoms with Gasteiger partial charge in [-0.05, 0) is 98.8 Å². The molecule has 0 atom stereocenters. The molecule has 0 saturated heterocycles. The molecule has 2 aromatic carbocycles. The monoisotopic (exact) mass is 541 g/mol. The molecule has 1 heterocycles. The normalized spacial score (nSPS) is 26.4. The van der Waals surface area contributed by atoms with Gasteiger partial charge in [-0.3, -0.25) is 0 Å². The Kier molecular flexibility index (Phi) is 6.79. The van der Waals surface area contributed by atoms with Crippen molar-refractivity contribution in [3.63, 3.8) is 0 Å². The number of amides is 1. The lowest BCUT2D eigenvalue weighted by molar-refractivity contribution is -0.0401. The van der Waals surface area contributed by atoms with Crippen molar-refractivity contribution in [2.24, 2.45) is 29.6 Å². The van der Waals surface area contributed by atoms with Gasteiger partial charge in [-0.15, -0.1) is 0 Å². The summed E-state index contributed by atoms with van der Waals surface area (Å²) in [6.45, 7) is 0.662. The molecule has 0 spiro atoms. The number of hydrogen-bond donors (Lipinski definition) is 1. The number of hydrogen-bond acceptors (Lipinski definition) is 2. The van der Waals surface area contributed by atoms with Crippen LogP contribution in [0.4, 0.5) is 4.79 Å². The predicted molar refractivity (Wildman–Crippen MR) is 147 cm³/mol. The van der Waals surface area contributed by atoms with Crippen molar-refractivity contribution < 1.29 is 4.79 Å². The molecule has 0 aliphatic heterocycles. The second-order valence-corrected chi connectivity index (χ2v) is 12.2. The average molecular weight is 543 g/mol. The molecule has 0 radical (unpaired) electrons. The number of halogens is 3. The Hall–Kier alpha value is -2.01. The molecule has 4 nitrogen and oxygen atoms in total. The van der Waals surface area contributed by atoms with E-state index in [1.54, 1.807) is 18.3 Å². The van der Waals surface area contributed by atoms with Crippen LogP contribution in [0.2, 0.25) is 15.1 Å². The fourth-order valence-corrected chi connectivity index (χ4v) is 7.96. The number of carbonyl (C=O) groups is 1. The van der Waals surface area contributed by atoms with E-state index in [-0.39, 0.29) is 6.03 Å². The summed E-state index contributed by atoms with van der Waals surface area (Å²) in [4.78, 5) is 13.1. The zero-order valence-corrected chi connectivity index (χ0v) is 22.4. The summed E-state index contributed by atoms with van der Waals surface area (Å²) in [5.74, 6) is 4.71. The van der Waals surface area contributed by atoms with Crippen LogP contribution in [-0.2, 0) is 0 Å². The summed E-state index contributed by atoms with van der Waals surface area (Å²) in [7, 11) is 0. The molecule has 1 N–H and O–H groups in total. The summed E-state index contributed by atoms with van der Waals surface area (Å²) in [5.41, 5.74) is 3.06. The van der Waals surface area contributed by atoms with Crippen LogP contribution >= 0.6 is 34.8 Å². The summed E-state index contributed by atoms with van der Waals surface area (Å²) in [5, 5.41) is 9.44. The van der Waals surface area contributed by atoms with E-state index in [1.807, 2.05) is 30.3 Å². The maximum Gasteiger partial charge on any atom is 0.342 e. The topological polar surface area (TPSA) is 46.9 Å². The molecule has 7 rings (SSSR count). The summed E-state index contributed by atoms with van der Waals surface area (Å²) < 4.78 is 1.38. The molecule has 4 fully saturated rings. The van der Waals surface area contributed by atoms with Gasteiger partial charge in [0.25, 0.3) is 0 Å². The summed E-state index contributed by atoms with van der Waals surface area (Å²) in [6, 6.07) is 12.5. The highest BCUT2D eigenvalue weighted by Gasteiger charge is 2.47. The molecule has 4 aliphatic rings. The minimum atomic E-state index is -0.230. The summed E-state index contributed by atoms with van der Waals surface area (Å²) in [6.07, 6.45) is 11.2. The van der Waals surface area contributed by atoms with Crippen molar-refractivity contribution in [1.82, 2.24) is 15.1 Å². The molecular weight excluding hydrogens is 513 g/mol. The molecule has 188 valence electrons. The van der Waals surface area contributed by atoms with Crippen LogP contribution < -0.4 is 5.32 Å². The van der Waals surface area contributed by atoms with Gasteiger partial charge in [0.2, 0.25) is 0 Å². The minimum absolute atomic E-state index is 0.230. The van der Waals surface area contributed by atoms with E-state index in [9.17, 15) is 4.79 Å². The fraction of sp³-hybridized carbons (Fsp3) is 0.448. The quantitative estimate of drug-likeness (QED) is 0.317. The zero-order valence-electron chi connectivity index (χ0n) is 20.1. The molecule has 4 bridgehead atoms. The second-order valence-electron chi connectivity index (χ2n) is 10.9. The van der Waals surface area contributed by atoms with Crippen LogP contribution in [-0.4, -0.2) is 22.4 Å². The van der Waals surface area contributed by atoms with E-state index in [4.69, 9.17) is 34.8 Å². The third-order valence-electron chi connectivity index (χ3n) is 8.67. The number of nitrogens with one attached hydrogen (secondary N) is 1. The Morgan fingerprint density at radius 1 is 0.889 bits per heavy atom. The van der Waals surface area contributed by atoms with Crippen LogP contribution in [0.3, 0.4) is 0 Å². The van der Waals surface area contributed by atoms with Crippen LogP contribution in [0.15, 0.2) is 48.7 Å². The van der Waals surface area contributed by atoms with Gasteiger partial charge in [-0.1, -0.05) is 53.0 Å². The van der Waals surface area contributed by atoms with Gasteiger partial charge in [0, 0.05) is 39.5 Å². The van der Waals surface area contributed by atoms with Crippen molar-refractivity contribution >= 4 is 40.8 Å². The van der Waals surface area contributed by atoms with Crippen molar-refractivity contribution in [2.75, 3.05) is 6.54 Å². The Labute approximate surface area is 227 Å². The molecule has 3 aromatic rings. The smallest absolute Gasteiger partial charge is 0.336 e. The van der Waals surface area contributed by atoms with Crippen LogP contribution in [0.1, 0.15) is 44.9 Å². The third kappa shape index (κ3) is 4.80. The largest absolute Gasteiger partial charge is 0.342 e. The second kappa shape index (κ2) is 10.0. The van der Waals surface area contributed by atoms with E-state index in [0.29, 0.717) is 27.3 Å². The van der Waals surface area contributed by atoms with Gasteiger partial charge in [0.15, 0.2) is 0 Å². The highest BCUT2D eigenvalue weighted by atomic mass is 35.5. The first kappa shape index (κ1) is 24.3. The van der Waals surface area contributed by atoms with Gasteiger partial charge in [-0.2, -0.15) is 9.78 Å². The highest BCUT2D eigenvalue weighted by molar-refractivity contribution is 6.36. The van der Waals surface area contributed by atoms with Gasteiger partial charge in [0.05, 0.1) is 5.02 Å². The molecule has 4 aliphatic carbocycles. The van der Waals surface area contributed by atoms with Crippen LogP contribution in [0.5, 0.6) is 0 Å². The molecular formula is C29H30Cl3N3O. The molecule has 1 aromatic heterocycles. The highest BCUT2D eigenvalue weighted by Crippen LogP contribution is 2.57. The first-order valence-electron chi connectivity index (χ1n) is 13.0. The number of carbonyl (C=O) groups excluding carboxylic acids is 1. The summed E-state index contributed by atoms with van der Waals surface area (Å²) >= 11 is 18.7. The van der Waals surface area contributed by atoms with Crippen LogP contribution in [0, 0.1) is 29.6 Å². The minimum Gasteiger partial charge on any atom is -0.336 e. The first-order chi connectivity index (χ1) is 17.4. The van der Waals surface area contributed by atoms with Crippen molar-refractivity contribution in [3.05, 3.63) is 63.7 Å². The van der Waals surface area contributed by atoms with Crippen molar-refractivity contribution in [3.8, 4) is 22.4 Å². The number of aromatic nitrogens is 2. The third-order valence-corrected chi connectivity index (χ3v) is 9.47. The maximum absolute atomic E-state index is 13.1. The number of nitrogens with zero attached hydrogens (tertiary/aromatic N) is 2. The molecule has 1 amide bonds. The van der Waals surface area contributed by atoms with E-state index in [1.165, 1.54) is 43.2 Å². The maximum atomic E-state index is 13.1.